The molecule has 1 heterocycles. The SMILES string of the molecule is COC(=O)Cn1c2c(c3cc(C(=O)O)ccc31)CCCC2. The molecule has 1 aromatic carbocycles. The Hall–Kier alpha value is -2.30. The molecule has 21 heavy (non-hydrogen) atoms. The van der Waals surface area contributed by atoms with Crippen LogP contribution in [0.5, 0.6) is 0 Å². The summed E-state index contributed by atoms with van der Waals surface area (Å²) < 4.78 is 6.75. The molecular formula is C16H17NO4. The summed E-state index contributed by atoms with van der Waals surface area (Å²) in [5.74, 6) is -1.22. The molecule has 1 aliphatic rings. The zero-order valence-corrected chi connectivity index (χ0v) is 11.9. The van der Waals surface area contributed by atoms with Crippen molar-refractivity contribution in [2.24, 2.45) is 0 Å². The van der Waals surface area contributed by atoms with Crippen molar-refractivity contribution in [3.63, 3.8) is 0 Å². The number of aromatic carboxylic acids is 1. The number of carboxylic acids is 1. The fraction of sp³-hybridized carbons (Fsp3) is 0.375. The number of benzene rings is 1. The lowest BCUT2D eigenvalue weighted by molar-refractivity contribution is -0.141. The number of esters is 1. The van der Waals surface area contributed by atoms with Gasteiger partial charge in [0.1, 0.15) is 6.54 Å². The Labute approximate surface area is 122 Å². The first kappa shape index (κ1) is 13.7. The molecule has 0 fully saturated rings. The van der Waals surface area contributed by atoms with Crippen LogP contribution in [0, 0.1) is 0 Å². The molecule has 0 saturated heterocycles. The van der Waals surface area contributed by atoms with Crippen molar-refractivity contribution in [1.29, 1.82) is 0 Å². The summed E-state index contributed by atoms with van der Waals surface area (Å²) in [6, 6.07) is 5.10. The Balaban J connectivity index is 2.21. The fourth-order valence-corrected chi connectivity index (χ4v) is 3.14. The molecule has 3 rings (SSSR count). The van der Waals surface area contributed by atoms with E-state index in [2.05, 4.69) is 0 Å². The van der Waals surface area contributed by atoms with Crippen LogP contribution in [0.4, 0.5) is 0 Å². The molecule has 0 saturated carbocycles. The van der Waals surface area contributed by atoms with Gasteiger partial charge in [0, 0.05) is 16.6 Å². The van der Waals surface area contributed by atoms with Crippen molar-refractivity contribution in [2.75, 3.05) is 7.11 Å². The maximum Gasteiger partial charge on any atom is 0.335 e. The van der Waals surface area contributed by atoms with Crippen LogP contribution in [0.25, 0.3) is 10.9 Å². The molecule has 5 nitrogen and oxygen atoms in total. The van der Waals surface area contributed by atoms with Crippen molar-refractivity contribution < 1.29 is 19.4 Å². The molecule has 0 spiro atoms. The highest BCUT2D eigenvalue weighted by Gasteiger charge is 2.22. The van der Waals surface area contributed by atoms with E-state index in [1.807, 2.05) is 4.57 Å². The van der Waals surface area contributed by atoms with E-state index in [0.29, 0.717) is 0 Å². The molecule has 1 N–H and O–H groups in total. The predicted molar refractivity (Wildman–Crippen MR) is 77.6 cm³/mol. The summed E-state index contributed by atoms with van der Waals surface area (Å²) in [7, 11) is 1.38. The van der Waals surface area contributed by atoms with Gasteiger partial charge in [-0.3, -0.25) is 4.79 Å². The predicted octanol–water partition coefficient (Wildman–Crippen LogP) is 2.39. The van der Waals surface area contributed by atoms with Crippen molar-refractivity contribution in [1.82, 2.24) is 4.57 Å². The molecule has 0 amide bonds. The third-order valence-corrected chi connectivity index (χ3v) is 4.14. The molecule has 0 unspecified atom stereocenters. The van der Waals surface area contributed by atoms with Crippen LogP contribution in [0.15, 0.2) is 18.2 Å². The van der Waals surface area contributed by atoms with Crippen LogP contribution in [0.2, 0.25) is 0 Å². The van der Waals surface area contributed by atoms with Gasteiger partial charge in [0.15, 0.2) is 0 Å². The maximum absolute atomic E-state index is 11.6. The topological polar surface area (TPSA) is 68.5 Å². The quantitative estimate of drug-likeness (QED) is 0.880. The van der Waals surface area contributed by atoms with Gasteiger partial charge in [0.05, 0.1) is 12.7 Å². The number of carbonyl (C=O) groups excluding carboxylic acids is 1. The van der Waals surface area contributed by atoms with Gasteiger partial charge in [0.2, 0.25) is 0 Å². The van der Waals surface area contributed by atoms with Gasteiger partial charge < -0.3 is 14.4 Å². The molecule has 1 aromatic heterocycles. The van der Waals surface area contributed by atoms with E-state index in [9.17, 15) is 9.59 Å². The average molecular weight is 287 g/mol. The van der Waals surface area contributed by atoms with Crippen LogP contribution in [0.1, 0.15) is 34.5 Å². The third kappa shape index (κ3) is 2.28. The molecule has 0 bridgehead atoms. The molecule has 5 heteroatoms. The molecular weight excluding hydrogens is 270 g/mol. The lowest BCUT2D eigenvalue weighted by Gasteiger charge is -2.15. The number of hydrogen-bond donors (Lipinski definition) is 1. The smallest absolute Gasteiger partial charge is 0.335 e. The summed E-state index contributed by atoms with van der Waals surface area (Å²) in [4.78, 5) is 22.8. The van der Waals surface area contributed by atoms with Crippen LogP contribution in [0.3, 0.4) is 0 Å². The number of carboxylic acid groups (broad SMARTS) is 1. The van der Waals surface area contributed by atoms with E-state index in [1.165, 1.54) is 12.7 Å². The van der Waals surface area contributed by atoms with Crippen molar-refractivity contribution >= 4 is 22.8 Å². The average Bonchev–Trinajstić information content (AvgIpc) is 2.81. The number of carbonyl (C=O) groups is 2. The Morgan fingerprint density at radius 1 is 1.29 bits per heavy atom. The van der Waals surface area contributed by atoms with Crippen LogP contribution < -0.4 is 0 Å². The van der Waals surface area contributed by atoms with Gasteiger partial charge in [-0.2, -0.15) is 0 Å². The summed E-state index contributed by atoms with van der Waals surface area (Å²) in [6.45, 7) is 0.175. The van der Waals surface area contributed by atoms with Crippen molar-refractivity contribution in [3.8, 4) is 0 Å². The van der Waals surface area contributed by atoms with E-state index in [4.69, 9.17) is 9.84 Å². The van der Waals surface area contributed by atoms with Gasteiger partial charge in [0.25, 0.3) is 0 Å². The standard InChI is InChI=1S/C16H17NO4/c1-21-15(18)9-17-13-5-3-2-4-11(13)12-8-10(16(19)20)6-7-14(12)17/h6-8H,2-5,9H2,1H3,(H,19,20). The molecule has 0 aliphatic heterocycles. The number of methoxy groups -OCH3 is 1. The Bertz CT molecular complexity index is 729. The highest BCUT2D eigenvalue weighted by atomic mass is 16.5. The minimum absolute atomic E-state index is 0.175. The van der Waals surface area contributed by atoms with E-state index in [-0.39, 0.29) is 18.1 Å². The minimum atomic E-state index is -0.929. The fourth-order valence-electron chi connectivity index (χ4n) is 3.14. The van der Waals surface area contributed by atoms with Gasteiger partial charge in [-0.25, -0.2) is 4.79 Å². The number of nitrogens with zero attached hydrogens (tertiary/aromatic N) is 1. The number of rotatable bonds is 3. The number of fused-ring (bicyclic) bond motifs is 3. The van der Waals surface area contributed by atoms with Gasteiger partial charge in [-0.15, -0.1) is 0 Å². The van der Waals surface area contributed by atoms with E-state index < -0.39 is 5.97 Å². The maximum atomic E-state index is 11.6. The lowest BCUT2D eigenvalue weighted by Crippen LogP contribution is -2.15. The highest BCUT2D eigenvalue weighted by molar-refractivity contribution is 5.96. The molecule has 0 radical (unpaired) electrons. The van der Waals surface area contributed by atoms with Crippen molar-refractivity contribution in [2.45, 2.75) is 32.2 Å². The summed E-state index contributed by atoms with van der Waals surface area (Å²) >= 11 is 0. The monoisotopic (exact) mass is 287 g/mol. The van der Waals surface area contributed by atoms with Crippen LogP contribution in [-0.4, -0.2) is 28.7 Å². The van der Waals surface area contributed by atoms with Crippen molar-refractivity contribution in [3.05, 3.63) is 35.0 Å². The Kier molecular flexibility index (Phi) is 3.41. The zero-order valence-electron chi connectivity index (χ0n) is 11.9. The number of aromatic nitrogens is 1. The number of hydrogen-bond acceptors (Lipinski definition) is 3. The number of ether oxygens (including phenoxy) is 1. The zero-order chi connectivity index (χ0) is 15.0. The second-order valence-electron chi connectivity index (χ2n) is 5.33. The molecule has 110 valence electrons. The van der Waals surface area contributed by atoms with Crippen LogP contribution >= 0.6 is 0 Å². The van der Waals surface area contributed by atoms with E-state index in [0.717, 1.165) is 42.3 Å². The van der Waals surface area contributed by atoms with E-state index >= 15 is 0 Å². The normalized spacial score (nSPS) is 14.0. The van der Waals surface area contributed by atoms with Gasteiger partial charge in [-0.05, 0) is 49.4 Å². The molecule has 0 atom stereocenters. The highest BCUT2D eigenvalue weighted by Crippen LogP contribution is 2.32. The summed E-state index contributed by atoms with van der Waals surface area (Å²) in [6.07, 6.45) is 4.05. The minimum Gasteiger partial charge on any atom is -0.478 e. The Morgan fingerprint density at radius 3 is 2.76 bits per heavy atom. The largest absolute Gasteiger partial charge is 0.478 e. The van der Waals surface area contributed by atoms with E-state index in [1.54, 1.807) is 18.2 Å². The van der Waals surface area contributed by atoms with Crippen LogP contribution in [-0.2, 0) is 28.9 Å². The first-order valence-corrected chi connectivity index (χ1v) is 7.06. The summed E-state index contributed by atoms with van der Waals surface area (Å²) in [5.41, 5.74) is 3.52. The second kappa shape index (κ2) is 5.24. The van der Waals surface area contributed by atoms with Gasteiger partial charge >= 0.3 is 11.9 Å². The molecule has 2 aromatic rings. The lowest BCUT2D eigenvalue weighted by atomic mass is 9.95. The molecule has 1 aliphatic carbocycles. The second-order valence-corrected chi connectivity index (χ2v) is 5.33. The first-order chi connectivity index (χ1) is 10.1. The Morgan fingerprint density at radius 2 is 2.05 bits per heavy atom. The number of aryl methyl sites for hydroxylation is 1. The first-order valence-electron chi connectivity index (χ1n) is 7.06. The van der Waals surface area contributed by atoms with Gasteiger partial charge in [-0.1, -0.05) is 0 Å². The summed E-state index contributed by atoms with van der Waals surface area (Å²) in [5, 5.41) is 10.1. The third-order valence-electron chi connectivity index (χ3n) is 4.14.